The number of carbonyl (C=O) groups excluding carboxylic acids is 3. The Morgan fingerprint density at radius 2 is 2.06 bits per heavy atom. The molecule has 1 aliphatic heterocycles. The molecule has 1 fully saturated rings. The molecule has 10 nitrogen and oxygen atoms in total. The summed E-state index contributed by atoms with van der Waals surface area (Å²) in [6.07, 6.45) is 1.35. The molecule has 0 spiro atoms. The van der Waals surface area contributed by atoms with Gasteiger partial charge < -0.3 is 10.1 Å². The number of rotatable bonds is 9. The van der Waals surface area contributed by atoms with E-state index in [0.717, 1.165) is 34.0 Å². The summed E-state index contributed by atoms with van der Waals surface area (Å²) in [5.74, 6) is -0.729. The molecule has 1 aliphatic rings. The fourth-order valence-corrected chi connectivity index (χ4v) is 4.87. The van der Waals surface area contributed by atoms with Crippen molar-refractivity contribution in [1.29, 1.82) is 0 Å². The highest BCUT2D eigenvalue weighted by molar-refractivity contribution is 8.18. The number of imide groups is 1. The van der Waals surface area contributed by atoms with Gasteiger partial charge in [0.15, 0.2) is 0 Å². The van der Waals surface area contributed by atoms with Crippen LogP contribution in [-0.4, -0.2) is 68.1 Å². The number of hydrogen-bond donors (Lipinski definition) is 1. The number of halogens is 1. The van der Waals surface area contributed by atoms with Crippen molar-refractivity contribution in [2.45, 2.75) is 12.1 Å². The Bertz CT molecular complexity index is 1350. The van der Waals surface area contributed by atoms with Gasteiger partial charge in [-0.2, -0.15) is 4.68 Å². The van der Waals surface area contributed by atoms with Gasteiger partial charge in [-0.25, -0.2) is 4.39 Å². The molecule has 36 heavy (non-hydrogen) atoms. The Kier molecular flexibility index (Phi) is 8.00. The van der Waals surface area contributed by atoms with E-state index in [1.54, 1.807) is 19.2 Å². The van der Waals surface area contributed by atoms with E-state index in [2.05, 4.69) is 20.8 Å². The normalized spacial score (nSPS) is 14.5. The maximum absolute atomic E-state index is 13.9. The van der Waals surface area contributed by atoms with Crippen molar-refractivity contribution in [1.82, 2.24) is 30.4 Å². The van der Waals surface area contributed by atoms with Gasteiger partial charge in [-0.05, 0) is 59.0 Å². The molecule has 0 radical (unpaired) electrons. The first-order valence-electron chi connectivity index (χ1n) is 10.7. The lowest BCUT2D eigenvalue weighted by Crippen LogP contribution is -2.37. The van der Waals surface area contributed by atoms with Crippen LogP contribution in [0.4, 0.5) is 9.18 Å². The molecule has 2 aromatic carbocycles. The number of ether oxygens (including phenoxy) is 1. The van der Waals surface area contributed by atoms with E-state index in [1.165, 1.54) is 22.9 Å². The summed E-state index contributed by atoms with van der Waals surface area (Å²) < 4.78 is 20.7. The van der Waals surface area contributed by atoms with E-state index < -0.39 is 17.0 Å². The van der Waals surface area contributed by atoms with E-state index in [1.807, 2.05) is 25.1 Å². The third-order valence-corrected chi connectivity index (χ3v) is 6.89. The largest absolute Gasteiger partial charge is 0.494 e. The Morgan fingerprint density at radius 3 is 2.83 bits per heavy atom. The number of thioether (sulfide) groups is 2. The smallest absolute Gasteiger partial charge is 0.293 e. The number of benzene rings is 2. The summed E-state index contributed by atoms with van der Waals surface area (Å²) in [6, 6.07) is 11.6. The molecule has 0 saturated carbocycles. The number of amides is 3. The zero-order chi connectivity index (χ0) is 25.7. The van der Waals surface area contributed by atoms with Gasteiger partial charge in [0, 0.05) is 18.7 Å². The number of aromatic nitrogens is 4. The summed E-state index contributed by atoms with van der Waals surface area (Å²) >= 11 is 1.87. The van der Waals surface area contributed by atoms with Gasteiger partial charge in [-0.3, -0.25) is 19.3 Å². The maximum atomic E-state index is 13.9. The van der Waals surface area contributed by atoms with Crippen molar-refractivity contribution in [3.63, 3.8) is 0 Å². The van der Waals surface area contributed by atoms with Crippen molar-refractivity contribution in [2.24, 2.45) is 0 Å². The average Bonchev–Trinajstić information content (AvgIpc) is 3.44. The predicted octanol–water partition coefficient (Wildman–Crippen LogP) is 3.06. The fourth-order valence-electron chi connectivity index (χ4n) is 3.30. The van der Waals surface area contributed by atoms with Crippen LogP contribution in [0.5, 0.6) is 5.75 Å². The first kappa shape index (κ1) is 25.4. The molecule has 1 aromatic heterocycles. The minimum atomic E-state index is -0.525. The Balaban J connectivity index is 1.30. The highest BCUT2D eigenvalue weighted by Gasteiger charge is 2.34. The lowest BCUT2D eigenvalue weighted by molar-refractivity contribution is -0.123. The molecule has 2 heterocycles. The van der Waals surface area contributed by atoms with Gasteiger partial charge in [0.05, 0.1) is 17.8 Å². The van der Waals surface area contributed by atoms with Gasteiger partial charge in [-0.15, -0.1) is 5.10 Å². The van der Waals surface area contributed by atoms with Crippen LogP contribution in [-0.2, 0) is 9.59 Å². The van der Waals surface area contributed by atoms with E-state index in [-0.39, 0.29) is 35.2 Å². The van der Waals surface area contributed by atoms with Crippen LogP contribution in [0.1, 0.15) is 11.1 Å². The van der Waals surface area contributed by atoms with Crippen LogP contribution in [0.2, 0.25) is 0 Å². The first-order valence-corrected chi connectivity index (χ1v) is 12.5. The van der Waals surface area contributed by atoms with Crippen molar-refractivity contribution in [3.05, 3.63) is 64.3 Å². The predicted molar refractivity (Wildman–Crippen MR) is 133 cm³/mol. The standard InChI is InChI=1S/C23H21FN6O4S2/c1-14-7-8-18(34-2)17(11-14)30-22(26-27-28-30)35-13-20(31)25-9-10-29-21(32)19(36-23(29)33)12-15-5-3-4-6-16(15)24/h3-8,11-12H,9-10,13H2,1-2H3,(H,25,31). The Labute approximate surface area is 214 Å². The second kappa shape index (κ2) is 11.4. The molecule has 3 aromatic rings. The highest BCUT2D eigenvalue weighted by atomic mass is 32.2. The summed E-state index contributed by atoms with van der Waals surface area (Å²) in [7, 11) is 1.55. The van der Waals surface area contributed by atoms with Gasteiger partial charge in [-0.1, -0.05) is 36.0 Å². The summed E-state index contributed by atoms with van der Waals surface area (Å²) in [5.41, 5.74) is 1.86. The zero-order valence-electron chi connectivity index (χ0n) is 19.3. The molecule has 3 amide bonds. The quantitative estimate of drug-likeness (QED) is 0.330. The molecule has 186 valence electrons. The van der Waals surface area contributed by atoms with Crippen LogP contribution in [0, 0.1) is 12.7 Å². The number of tetrazole rings is 1. The van der Waals surface area contributed by atoms with E-state index in [9.17, 15) is 18.8 Å². The summed E-state index contributed by atoms with van der Waals surface area (Å²) in [6.45, 7) is 2.00. The lowest BCUT2D eigenvalue weighted by Gasteiger charge is -2.13. The molecule has 1 N–H and O–H groups in total. The van der Waals surface area contributed by atoms with E-state index in [0.29, 0.717) is 16.6 Å². The van der Waals surface area contributed by atoms with Crippen LogP contribution >= 0.6 is 23.5 Å². The number of hydrogen-bond acceptors (Lipinski definition) is 9. The van der Waals surface area contributed by atoms with Crippen molar-refractivity contribution in [3.8, 4) is 11.4 Å². The number of nitrogens with one attached hydrogen (secondary N) is 1. The molecule has 4 rings (SSSR count). The van der Waals surface area contributed by atoms with Crippen molar-refractivity contribution < 1.29 is 23.5 Å². The first-order chi connectivity index (χ1) is 17.4. The fraction of sp³-hybridized carbons (Fsp3) is 0.217. The number of methoxy groups -OCH3 is 1. The molecular formula is C23H21FN6O4S2. The molecule has 0 aliphatic carbocycles. The monoisotopic (exact) mass is 528 g/mol. The number of carbonyl (C=O) groups is 3. The minimum Gasteiger partial charge on any atom is -0.494 e. The number of nitrogens with zero attached hydrogens (tertiary/aromatic N) is 5. The van der Waals surface area contributed by atoms with Crippen molar-refractivity contribution in [2.75, 3.05) is 26.0 Å². The van der Waals surface area contributed by atoms with Crippen molar-refractivity contribution >= 4 is 46.7 Å². The lowest BCUT2D eigenvalue weighted by atomic mass is 10.2. The SMILES string of the molecule is COc1ccc(C)cc1-n1nnnc1SCC(=O)NCCN1C(=O)SC(=Cc2ccccc2F)C1=O. The molecule has 0 unspecified atom stereocenters. The third kappa shape index (κ3) is 5.74. The number of aryl methyl sites for hydroxylation is 1. The second-order valence-electron chi connectivity index (χ2n) is 7.54. The zero-order valence-corrected chi connectivity index (χ0v) is 20.9. The minimum absolute atomic E-state index is 0.00604. The van der Waals surface area contributed by atoms with E-state index >= 15 is 0 Å². The van der Waals surface area contributed by atoms with Crippen LogP contribution in [0.25, 0.3) is 11.8 Å². The van der Waals surface area contributed by atoms with Crippen LogP contribution in [0.3, 0.4) is 0 Å². The third-order valence-electron chi connectivity index (χ3n) is 5.06. The van der Waals surface area contributed by atoms with Crippen LogP contribution < -0.4 is 10.1 Å². The van der Waals surface area contributed by atoms with Gasteiger partial charge in [0.25, 0.3) is 11.1 Å². The molecule has 0 atom stereocenters. The topological polar surface area (TPSA) is 119 Å². The molecular weight excluding hydrogens is 507 g/mol. The Hall–Kier alpha value is -3.71. The maximum Gasteiger partial charge on any atom is 0.293 e. The van der Waals surface area contributed by atoms with Crippen LogP contribution in [0.15, 0.2) is 52.5 Å². The van der Waals surface area contributed by atoms with E-state index in [4.69, 9.17) is 4.74 Å². The van der Waals surface area contributed by atoms with Gasteiger partial charge in [0.2, 0.25) is 11.1 Å². The molecule has 13 heteroatoms. The highest BCUT2D eigenvalue weighted by Crippen LogP contribution is 2.32. The molecule has 0 bridgehead atoms. The van der Waals surface area contributed by atoms with Gasteiger partial charge in [0.1, 0.15) is 17.3 Å². The molecule has 1 saturated heterocycles. The Morgan fingerprint density at radius 1 is 1.25 bits per heavy atom. The second-order valence-corrected chi connectivity index (χ2v) is 9.48. The van der Waals surface area contributed by atoms with Gasteiger partial charge >= 0.3 is 0 Å². The average molecular weight is 529 g/mol. The summed E-state index contributed by atoms with van der Waals surface area (Å²) in [4.78, 5) is 38.4. The summed E-state index contributed by atoms with van der Waals surface area (Å²) in [5, 5.41) is 14.3.